The van der Waals surface area contributed by atoms with Crippen LogP contribution in [0.15, 0.2) is 65.3 Å². The van der Waals surface area contributed by atoms with Gasteiger partial charge >= 0.3 is 0 Å². The van der Waals surface area contributed by atoms with Crippen molar-refractivity contribution in [3.05, 3.63) is 83.6 Å². The number of halogens is 1. The highest BCUT2D eigenvalue weighted by Gasteiger charge is 2.25. The van der Waals surface area contributed by atoms with E-state index in [0.29, 0.717) is 49.0 Å². The van der Waals surface area contributed by atoms with Crippen LogP contribution in [0, 0.1) is 5.82 Å². The minimum atomic E-state index is -0.350. The van der Waals surface area contributed by atoms with E-state index in [2.05, 4.69) is 0 Å². The number of furan rings is 1. The molecule has 0 fully saturated rings. The summed E-state index contributed by atoms with van der Waals surface area (Å²) in [4.78, 5) is 30.0. The topological polar surface area (TPSA) is 81.5 Å². The van der Waals surface area contributed by atoms with E-state index in [4.69, 9.17) is 18.6 Å². The average molecular weight is 497 g/mol. The number of carbonyl (C=O) groups is 2. The van der Waals surface area contributed by atoms with E-state index in [1.54, 1.807) is 53.6 Å². The number of carbonyl (C=O) groups excluding carboxylic acids is 2. The van der Waals surface area contributed by atoms with Crippen LogP contribution >= 0.6 is 0 Å². The highest BCUT2D eigenvalue weighted by Crippen LogP contribution is 2.32. The van der Waals surface area contributed by atoms with E-state index in [0.717, 1.165) is 5.56 Å². The van der Waals surface area contributed by atoms with Crippen molar-refractivity contribution in [3.8, 4) is 11.5 Å². The van der Waals surface area contributed by atoms with Gasteiger partial charge in [0.2, 0.25) is 12.7 Å². The van der Waals surface area contributed by atoms with Crippen LogP contribution in [0.4, 0.5) is 4.39 Å². The second-order valence-electron chi connectivity index (χ2n) is 8.30. The summed E-state index contributed by atoms with van der Waals surface area (Å²) in [6, 6.07) is 14.5. The SMILES string of the molecule is CCOCCCN(CC(=O)N(Cc1ccc(F)cc1)Cc1ccco1)C(=O)c1ccc2c(c1)OCO2. The Hall–Kier alpha value is -3.85. The molecule has 8 nitrogen and oxygen atoms in total. The monoisotopic (exact) mass is 496 g/mol. The van der Waals surface area contributed by atoms with Crippen LogP contribution in [0.25, 0.3) is 0 Å². The van der Waals surface area contributed by atoms with Crippen LogP contribution < -0.4 is 9.47 Å². The van der Waals surface area contributed by atoms with Gasteiger partial charge in [-0.15, -0.1) is 0 Å². The molecule has 1 aliphatic heterocycles. The number of hydrogen-bond acceptors (Lipinski definition) is 6. The molecule has 0 saturated carbocycles. The Balaban J connectivity index is 1.52. The van der Waals surface area contributed by atoms with Gasteiger partial charge in [0.15, 0.2) is 11.5 Å². The summed E-state index contributed by atoms with van der Waals surface area (Å²) in [6.07, 6.45) is 2.12. The molecular formula is C27H29FN2O6. The molecule has 9 heteroatoms. The lowest BCUT2D eigenvalue weighted by Crippen LogP contribution is -2.43. The van der Waals surface area contributed by atoms with Gasteiger partial charge in [0.1, 0.15) is 18.1 Å². The van der Waals surface area contributed by atoms with Crippen LogP contribution in [0.2, 0.25) is 0 Å². The first-order chi connectivity index (χ1) is 17.5. The zero-order valence-corrected chi connectivity index (χ0v) is 20.2. The summed E-state index contributed by atoms with van der Waals surface area (Å²) in [5, 5.41) is 0. The van der Waals surface area contributed by atoms with Crippen LogP contribution in [0.5, 0.6) is 11.5 Å². The molecule has 2 aromatic carbocycles. The Morgan fingerprint density at radius 2 is 1.81 bits per heavy atom. The van der Waals surface area contributed by atoms with Crippen molar-refractivity contribution in [1.29, 1.82) is 0 Å². The molecule has 2 heterocycles. The molecule has 2 amide bonds. The summed E-state index contributed by atoms with van der Waals surface area (Å²) in [5.74, 6) is 0.777. The van der Waals surface area contributed by atoms with Crippen molar-refractivity contribution in [1.82, 2.24) is 9.80 Å². The van der Waals surface area contributed by atoms with Gasteiger partial charge in [0.25, 0.3) is 5.91 Å². The average Bonchev–Trinajstić information content (AvgIpc) is 3.58. The summed E-state index contributed by atoms with van der Waals surface area (Å²) in [5.41, 5.74) is 1.17. The summed E-state index contributed by atoms with van der Waals surface area (Å²) in [7, 11) is 0. The maximum atomic E-state index is 13.5. The largest absolute Gasteiger partial charge is 0.467 e. The smallest absolute Gasteiger partial charge is 0.254 e. The van der Waals surface area contributed by atoms with E-state index in [-0.39, 0.29) is 44.1 Å². The van der Waals surface area contributed by atoms with E-state index >= 15 is 0 Å². The first kappa shape index (κ1) is 25.2. The van der Waals surface area contributed by atoms with Crippen molar-refractivity contribution in [2.24, 2.45) is 0 Å². The molecule has 4 rings (SSSR count). The van der Waals surface area contributed by atoms with Gasteiger partial charge in [-0.25, -0.2) is 4.39 Å². The zero-order chi connectivity index (χ0) is 25.3. The third-order valence-electron chi connectivity index (χ3n) is 5.72. The minimum Gasteiger partial charge on any atom is -0.467 e. The fourth-order valence-corrected chi connectivity index (χ4v) is 3.86. The normalized spacial score (nSPS) is 11.9. The molecule has 0 spiro atoms. The predicted molar refractivity (Wildman–Crippen MR) is 129 cm³/mol. The van der Waals surface area contributed by atoms with E-state index in [9.17, 15) is 14.0 Å². The Morgan fingerprint density at radius 3 is 2.56 bits per heavy atom. The van der Waals surface area contributed by atoms with Crippen molar-refractivity contribution in [2.45, 2.75) is 26.4 Å². The molecule has 0 N–H and O–H groups in total. The van der Waals surface area contributed by atoms with Gasteiger partial charge in [-0.2, -0.15) is 0 Å². The van der Waals surface area contributed by atoms with Crippen LogP contribution in [-0.2, 0) is 22.6 Å². The van der Waals surface area contributed by atoms with Crippen LogP contribution in [-0.4, -0.2) is 54.7 Å². The predicted octanol–water partition coefficient (Wildman–Crippen LogP) is 4.25. The first-order valence-electron chi connectivity index (χ1n) is 11.8. The van der Waals surface area contributed by atoms with Crippen LogP contribution in [0.3, 0.4) is 0 Å². The van der Waals surface area contributed by atoms with Crippen molar-refractivity contribution < 1.29 is 32.6 Å². The van der Waals surface area contributed by atoms with Crippen molar-refractivity contribution in [2.75, 3.05) is 33.1 Å². The maximum Gasteiger partial charge on any atom is 0.254 e. The summed E-state index contributed by atoms with van der Waals surface area (Å²) >= 11 is 0. The number of ether oxygens (including phenoxy) is 3. The number of fused-ring (bicyclic) bond motifs is 1. The molecule has 0 unspecified atom stereocenters. The lowest BCUT2D eigenvalue weighted by molar-refractivity contribution is -0.133. The maximum absolute atomic E-state index is 13.5. The molecule has 0 atom stereocenters. The highest BCUT2D eigenvalue weighted by atomic mass is 19.1. The fourth-order valence-electron chi connectivity index (χ4n) is 3.86. The number of nitrogens with zero attached hydrogens (tertiary/aromatic N) is 2. The molecule has 36 heavy (non-hydrogen) atoms. The molecule has 190 valence electrons. The van der Waals surface area contributed by atoms with Crippen molar-refractivity contribution >= 4 is 11.8 Å². The lowest BCUT2D eigenvalue weighted by Gasteiger charge is -2.27. The molecule has 1 aliphatic rings. The minimum absolute atomic E-state index is 0.106. The third-order valence-corrected chi connectivity index (χ3v) is 5.72. The Kier molecular flexibility index (Phi) is 8.57. The van der Waals surface area contributed by atoms with Gasteiger partial charge in [0, 0.05) is 31.9 Å². The molecule has 0 aliphatic carbocycles. The molecular weight excluding hydrogens is 467 g/mol. The van der Waals surface area contributed by atoms with E-state index in [1.165, 1.54) is 17.0 Å². The number of rotatable bonds is 12. The number of benzene rings is 2. The summed E-state index contributed by atoms with van der Waals surface area (Å²) in [6.45, 7) is 3.71. The van der Waals surface area contributed by atoms with Gasteiger partial charge in [-0.1, -0.05) is 12.1 Å². The molecule has 1 aromatic heterocycles. The Morgan fingerprint density at radius 1 is 1.00 bits per heavy atom. The van der Waals surface area contributed by atoms with Crippen LogP contribution in [0.1, 0.15) is 35.0 Å². The number of amides is 2. The van der Waals surface area contributed by atoms with Gasteiger partial charge < -0.3 is 28.4 Å². The molecule has 0 saturated heterocycles. The molecule has 3 aromatic rings. The van der Waals surface area contributed by atoms with Gasteiger partial charge in [0.05, 0.1) is 12.8 Å². The Bertz CT molecular complexity index is 1150. The summed E-state index contributed by atoms with van der Waals surface area (Å²) < 4.78 is 35.0. The van der Waals surface area contributed by atoms with Crippen molar-refractivity contribution in [3.63, 3.8) is 0 Å². The van der Waals surface area contributed by atoms with Gasteiger partial charge in [-0.05, 0) is 61.4 Å². The lowest BCUT2D eigenvalue weighted by atomic mass is 10.1. The molecule has 0 radical (unpaired) electrons. The van der Waals surface area contributed by atoms with E-state index < -0.39 is 0 Å². The van der Waals surface area contributed by atoms with Gasteiger partial charge in [-0.3, -0.25) is 9.59 Å². The standard InChI is InChI=1S/C27H29FN2O6/c1-2-33-13-4-12-29(27(32)21-8-11-24-25(15-21)36-19-35-24)18-26(31)30(17-23-5-3-14-34-23)16-20-6-9-22(28)10-7-20/h3,5-11,14-15H,2,4,12-13,16-19H2,1H3. The Labute approximate surface area is 209 Å². The quantitative estimate of drug-likeness (QED) is 0.349. The highest BCUT2D eigenvalue weighted by molar-refractivity contribution is 5.97. The second kappa shape index (κ2) is 12.2. The fraction of sp³-hybridized carbons (Fsp3) is 0.333. The third kappa shape index (κ3) is 6.63. The molecule has 0 bridgehead atoms. The van der Waals surface area contributed by atoms with E-state index in [1.807, 2.05) is 6.92 Å². The zero-order valence-electron chi connectivity index (χ0n) is 20.2. The first-order valence-corrected chi connectivity index (χ1v) is 11.8. The second-order valence-corrected chi connectivity index (χ2v) is 8.30. The number of hydrogen-bond donors (Lipinski definition) is 0.